The Morgan fingerprint density at radius 2 is 2.07 bits per heavy atom. The van der Waals surface area contributed by atoms with Crippen molar-refractivity contribution in [2.75, 3.05) is 20.7 Å². The summed E-state index contributed by atoms with van der Waals surface area (Å²) in [5, 5.41) is 0. The minimum absolute atomic E-state index is 0.371. The molecule has 0 heterocycles. The Kier molecular flexibility index (Phi) is 4.20. The van der Waals surface area contributed by atoms with E-state index in [0.29, 0.717) is 12.6 Å². The van der Waals surface area contributed by atoms with Crippen LogP contribution in [0.1, 0.15) is 12.5 Å². The van der Waals surface area contributed by atoms with Gasteiger partial charge in [-0.25, -0.2) is 0 Å². The Balaban J connectivity index is 2.62. The van der Waals surface area contributed by atoms with Crippen molar-refractivity contribution in [1.82, 2.24) is 4.90 Å². The molecule has 0 amide bonds. The van der Waals surface area contributed by atoms with Crippen LogP contribution in [0.4, 0.5) is 0 Å². The first kappa shape index (κ1) is 11.6. The molecule has 0 spiro atoms. The van der Waals surface area contributed by atoms with Gasteiger partial charge in [-0.15, -0.1) is 6.42 Å². The standard InChI is InChI=1S/C13H17NO/c1-5-12-8-6-7-9-13(12)15-10-11(2)14(3)4/h1,6-9,11H,10H2,2-4H3. The molecule has 2 heteroatoms. The lowest BCUT2D eigenvalue weighted by Crippen LogP contribution is -2.30. The van der Waals surface area contributed by atoms with Crippen LogP contribution >= 0.6 is 0 Å². The predicted molar refractivity (Wildman–Crippen MR) is 63.0 cm³/mol. The normalized spacial score (nSPS) is 12.2. The molecule has 0 radical (unpaired) electrons. The van der Waals surface area contributed by atoms with Gasteiger partial charge >= 0.3 is 0 Å². The second-order valence-electron chi connectivity index (χ2n) is 3.76. The topological polar surface area (TPSA) is 12.5 Å². The maximum atomic E-state index is 5.67. The van der Waals surface area contributed by atoms with Gasteiger partial charge in [0.15, 0.2) is 0 Å². The van der Waals surface area contributed by atoms with E-state index in [0.717, 1.165) is 11.3 Å². The zero-order valence-corrected chi connectivity index (χ0v) is 9.53. The average Bonchev–Trinajstić information content (AvgIpc) is 2.26. The van der Waals surface area contributed by atoms with Gasteiger partial charge in [-0.1, -0.05) is 18.1 Å². The molecule has 0 aromatic heterocycles. The number of para-hydroxylation sites is 1. The smallest absolute Gasteiger partial charge is 0.134 e. The first-order valence-electron chi connectivity index (χ1n) is 5.00. The fraction of sp³-hybridized carbons (Fsp3) is 0.385. The summed E-state index contributed by atoms with van der Waals surface area (Å²) in [7, 11) is 4.06. The van der Waals surface area contributed by atoms with Crippen molar-refractivity contribution in [3.63, 3.8) is 0 Å². The lowest BCUT2D eigenvalue weighted by molar-refractivity contribution is 0.198. The maximum absolute atomic E-state index is 5.67. The highest BCUT2D eigenvalue weighted by Crippen LogP contribution is 2.16. The molecule has 0 aliphatic heterocycles. The molecule has 0 N–H and O–H groups in total. The third-order valence-corrected chi connectivity index (χ3v) is 2.40. The van der Waals surface area contributed by atoms with Crippen LogP contribution in [0.2, 0.25) is 0 Å². The third kappa shape index (κ3) is 3.30. The van der Waals surface area contributed by atoms with Crippen LogP contribution < -0.4 is 4.74 Å². The van der Waals surface area contributed by atoms with E-state index in [-0.39, 0.29) is 0 Å². The van der Waals surface area contributed by atoms with Crippen molar-refractivity contribution in [3.05, 3.63) is 29.8 Å². The molecular formula is C13H17NO. The molecule has 0 saturated heterocycles. The summed E-state index contributed by atoms with van der Waals surface area (Å²) in [5.74, 6) is 3.40. The number of hydrogen-bond acceptors (Lipinski definition) is 2. The molecule has 1 rings (SSSR count). The van der Waals surface area contributed by atoms with E-state index in [9.17, 15) is 0 Å². The molecule has 0 aliphatic rings. The van der Waals surface area contributed by atoms with Gasteiger partial charge in [0.25, 0.3) is 0 Å². The van der Waals surface area contributed by atoms with Gasteiger partial charge in [0.05, 0.1) is 5.56 Å². The Morgan fingerprint density at radius 3 is 2.67 bits per heavy atom. The fourth-order valence-corrected chi connectivity index (χ4v) is 1.07. The Morgan fingerprint density at radius 1 is 1.40 bits per heavy atom. The molecule has 1 unspecified atom stereocenters. The van der Waals surface area contributed by atoms with Gasteiger partial charge in [0.1, 0.15) is 12.4 Å². The van der Waals surface area contributed by atoms with Crippen LogP contribution in [0, 0.1) is 12.3 Å². The molecule has 2 nitrogen and oxygen atoms in total. The zero-order valence-electron chi connectivity index (χ0n) is 9.53. The molecule has 0 fully saturated rings. The molecule has 1 aromatic carbocycles. The van der Waals surface area contributed by atoms with Crippen molar-refractivity contribution in [3.8, 4) is 18.1 Å². The maximum Gasteiger partial charge on any atom is 0.134 e. The van der Waals surface area contributed by atoms with E-state index in [2.05, 4.69) is 17.7 Å². The predicted octanol–water partition coefficient (Wildman–Crippen LogP) is 2.00. The number of ether oxygens (including phenoxy) is 1. The largest absolute Gasteiger partial charge is 0.491 e. The van der Waals surface area contributed by atoms with Crippen LogP contribution in [0.3, 0.4) is 0 Å². The first-order chi connectivity index (χ1) is 7.15. The first-order valence-corrected chi connectivity index (χ1v) is 5.00. The van der Waals surface area contributed by atoms with E-state index in [1.54, 1.807) is 0 Å². The van der Waals surface area contributed by atoms with Crippen LogP contribution in [-0.4, -0.2) is 31.6 Å². The van der Waals surface area contributed by atoms with Gasteiger partial charge in [-0.05, 0) is 33.2 Å². The summed E-state index contributed by atoms with van der Waals surface area (Å²) in [4.78, 5) is 2.11. The molecule has 0 aliphatic carbocycles. The molecule has 1 atom stereocenters. The van der Waals surface area contributed by atoms with Crippen molar-refractivity contribution in [2.24, 2.45) is 0 Å². The highest BCUT2D eigenvalue weighted by atomic mass is 16.5. The molecule has 0 saturated carbocycles. The van der Waals surface area contributed by atoms with Crippen molar-refractivity contribution < 1.29 is 4.74 Å². The van der Waals surface area contributed by atoms with Crippen LogP contribution in [0.15, 0.2) is 24.3 Å². The summed E-state index contributed by atoms with van der Waals surface area (Å²) in [6.07, 6.45) is 5.38. The highest BCUT2D eigenvalue weighted by molar-refractivity contribution is 5.44. The van der Waals surface area contributed by atoms with E-state index >= 15 is 0 Å². The number of benzene rings is 1. The third-order valence-electron chi connectivity index (χ3n) is 2.40. The fourth-order valence-electron chi connectivity index (χ4n) is 1.07. The van der Waals surface area contributed by atoms with E-state index in [4.69, 9.17) is 11.2 Å². The van der Waals surface area contributed by atoms with Crippen molar-refractivity contribution >= 4 is 0 Å². The van der Waals surface area contributed by atoms with Crippen molar-refractivity contribution in [2.45, 2.75) is 13.0 Å². The average molecular weight is 203 g/mol. The lowest BCUT2D eigenvalue weighted by atomic mass is 10.2. The summed E-state index contributed by atoms with van der Waals surface area (Å²) in [6, 6.07) is 8.00. The molecule has 1 aromatic rings. The van der Waals surface area contributed by atoms with E-state index in [1.165, 1.54) is 0 Å². The van der Waals surface area contributed by atoms with Crippen molar-refractivity contribution in [1.29, 1.82) is 0 Å². The van der Waals surface area contributed by atoms with Crippen LogP contribution in [0.25, 0.3) is 0 Å². The summed E-state index contributed by atoms with van der Waals surface area (Å²) < 4.78 is 5.67. The van der Waals surface area contributed by atoms with Gasteiger partial charge in [0.2, 0.25) is 0 Å². The summed E-state index contributed by atoms with van der Waals surface area (Å²) in [6.45, 7) is 2.75. The van der Waals surface area contributed by atoms with Gasteiger partial charge < -0.3 is 9.64 Å². The molecule has 80 valence electrons. The number of rotatable bonds is 4. The minimum Gasteiger partial charge on any atom is -0.491 e. The highest BCUT2D eigenvalue weighted by Gasteiger charge is 2.06. The zero-order chi connectivity index (χ0) is 11.3. The van der Waals surface area contributed by atoms with Gasteiger partial charge in [-0.2, -0.15) is 0 Å². The monoisotopic (exact) mass is 203 g/mol. The van der Waals surface area contributed by atoms with Gasteiger partial charge in [0, 0.05) is 6.04 Å². The summed E-state index contributed by atoms with van der Waals surface area (Å²) in [5.41, 5.74) is 0.809. The number of nitrogens with zero attached hydrogens (tertiary/aromatic N) is 1. The lowest BCUT2D eigenvalue weighted by Gasteiger charge is -2.20. The molecule has 0 bridgehead atoms. The van der Waals surface area contributed by atoms with E-state index < -0.39 is 0 Å². The quantitative estimate of drug-likeness (QED) is 0.694. The van der Waals surface area contributed by atoms with Gasteiger partial charge in [-0.3, -0.25) is 0 Å². The number of terminal acetylenes is 1. The Labute approximate surface area is 91.9 Å². The minimum atomic E-state index is 0.371. The number of likely N-dealkylation sites (N-methyl/N-ethyl adjacent to an activating group) is 1. The number of hydrogen-bond donors (Lipinski definition) is 0. The second kappa shape index (κ2) is 5.43. The Bertz CT molecular complexity index is 352. The second-order valence-corrected chi connectivity index (χ2v) is 3.76. The Hall–Kier alpha value is -1.46. The van der Waals surface area contributed by atoms with Crippen LogP contribution in [0.5, 0.6) is 5.75 Å². The molecular weight excluding hydrogens is 186 g/mol. The molecule has 15 heavy (non-hydrogen) atoms. The van der Waals surface area contributed by atoms with Crippen LogP contribution in [-0.2, 0) is 0 Å². The van der Waals surface area contributed by atoms with E-state index in [1.807, 2.05) is 38.4 Å². The SMILES string of the molecule is C#Cc1ccccc1OCC(C)N(C)C. The summed E-state index contributed by atoms with van der Waals surface area (Å²) >= 11 is 0.